The Kier molecular flexibility index (Phi) is 9.45. The first kappa shape index (κ1) is 24.0. The predicted molar refractivity (Wildman–Crippen MR) is 97.8 cm³/mol. The van der Waals surface area contributed by atoms with E-state index in [4.69, 9.17) is 14.2 Å². The Labute approximate surface area is 156 Å². The summed E-state index contributed by atoms with van der Waals surface area (Å²) in [6.45, 7) is 14.4. The van der Waals surface area contributed by atoms with E-state index in [1.165, 1.54) is 0 Å². The Bertz CT molecular complexity index is 477. The predicted octanol–water partition coefficient (Wildman–Crippen LogP) is 2.99. The zero-order valence-corrected chi connectivity index (χ0v) is 17.2. The number of rotatable bonds is 7. The number of ether oxygens (including phenoxy) is 3. The largest absolute Gasteiger partial charge is 0.462 e. The van der Waals surface area contributed by atoms with Crippen LogP contribution < -0.4 is 10.6 Å². The van der Waals surface area contributed by atoms with E-state index in [9.17, 15) is 14.4 Å². The molecule has 0 radical (unpaired) electrons. The summed E-state index contributed by atoms with van der Waals surface area (Å²) in [6, 6.07) is -0.814. The van der Waals surface area contributed by atoms with Gasteiger partial charge in [-0.3, -0.25) is 0 Å². The zero-order chi connectivity index (χ0) is 20.5. The number of amides is 2. The minimum absolute atomic E-state index is 0.0251. The number of hydrogen-bond acceptors (Lipinski definition) is 6. The van der Waals surface area contributed by atoms with Crippen molar-refractivity contribution in [3.8, 4) is 0 Å². The Morgan fingerprint density at radius 1 is 0.885 bits per heavy atom. The molecule has 8 nitrogen and oxygen atoms in total. The number of hydrogen-bond donors (Lipinski definition) is 2. The third kappa shape index (κ3) is 13.3. The van der Waals surface area contributed by atoms with Gasteiger partial charge >= 0.3 is 18.2 Å². The first-order chi connectivity index (χ1) is 11.7. The van der Waals surface area contributed by atoms with Gasteiger partial charge in [-0.2, -0.15) is 0 Å². The molecule has 8 heteroatoms. The molecule has 0 unspecified atom stereocenters. The van der Waals surface area contributed by atoms with Crippen LogP contribution in [-0.2, 0) is 19.0 Å². The van der Waals surface area contributed by atoms with Gasteiger partial charge in [0, 0.05) is 0 Å². The number of carbonyl (C=O) groups is 3. The fraction of sp³-hybridized carbons (Fsp3) is 0.833. The fourth-order valence-electron chi connectivity index (χ4n) is 1.85. The van der Waals surface area contributed by atoms with E-state index in [0.717, 1.165) is 0 Å². The lowest BCUT2D eigenvalue weighted by molar-refractivity contribution is -0.146. The number of nitrogens with one attached hydrogen (secondary N) is 2. The molecule has 0 aliphatic rings. The van der Waals surface area contributed by atoms with Crippen LogP contribution in [0.5, 0.6) is 0 Å². The van der Waals surface area contributed by atoms with Gasteiger partial charge in [-0.15, -0.1) is 0 Å². The smallest absolute Gasteiger partial charge is 0.408 e. The van der Waals surface area contributed by atoms with Crippen LogP contribution >= 0.6 is 0 Å². The van der Waals surface area contributed by atoms with Gasteiger partial charge in [0.1, 0.15) is 23.9 Å². The molecule has 0 bridgehead atoms. The van der Waals surface area contributed by atoms with Crippen LogP contribution in [0.3, 0.4) is 0 Å². The monoisotopic (exact) mass is 374 g/mol. The lowest BCUT2D eigenvalue weighted by Crippen LogP contribution is -2.45. The van der Waals surface area contributed by atoms with Crippen LogP contribution in [0.25, 0.3) is 0 Å². The Morgan fingerprint density at radius 2 is 1.38 bits per heavy atom. The Hall–Kier alpha value is -1.99. The van der Waals surface area contributed by atoms with Crippen molar-refractivity contribution < 1.29 is 28.6 Å². The second-order valence-corrected chi connectivity index (χ2v) is 8.42. The molecule has 0 saturated carbocycles. The van der Waals surface area contributed by atoms with Crippen molar-refractivity contribution in [3.63, 3.8) is 0 Å². The molecule has 26 heavy (non-hydrogen) atoms. The molecule has 0 heterocycles. The summed E-state index contributed by atoms with van der Waals surface area (Å²) in [4.78, 5) is 35.6. The van der Waals surface area contributed by atoms with E-state index < -0.39 is 35.4 Å². The second kappa shape index (κ2) is 10.2. The molecule has 0 aromatic carbocycles. The van der Waals surface area contributed by atoms with Crippen molar-refractivity contribution in [2.24, 2.45) is 5.92 Å². The van der Waals surface area contributed by atoms with Crippen LogP contribution in [0.2, 0.25) is 0 Å². The maximum atomic E-state index is 12.2. The van der Waals surface area contributed by atoms with E-state index in [2.05, 4.69) is 10.6 Å². The summed E-state index contributed by atoms with van der Waals surface area (Å²) < 4.78 is 15.4. The van der Waals surface area contributed by atoms with E-state index >= 15 is 0 Å². The maximum Gasteiger partial charge on any atom is 0.408 e. The first-order valence-corrected chi connectivity index (χ1v) is 8.82. The van der Waals surface area contributed by atoms with Crippen molar-refractivity contribution in [2.75, 3.05) is 13.2 Å². The first-order valence-electron chi connectivity index (χ1n) is 8.82. The standard InChI is InChI=1S/C18H34N2O6/c1-12(2)11-13(20-16(23)26-18(6,7)8)14(21)24-10-9-19-15(22)25-17(3,4)5/h12-13H,9-11H2,1-8H3,(H,19,22)(H,20,23)/t13-/m0/s1. The van der Waals surface area contributed by atoms with E-state index in [0.29, 0.717) is 6.42 Å². The summed E-state index contributed by atoms with van der Waals surface area (Å²) in [7, 11) is 0. The van der Waals surface area contributed by atoms with Crippen LogP contribution in [0, 0.1) is 5.92 Å². The SMILES string of the molecule is CC(C)C[C@H](NC(=O)OC(C)(C)C)C(=O)OCCNC(=O)OC(C)(C)C. The summed E-state index contributed by atoms with van der Waals surface area (Å²) in [5.41, 5.74) is -1.26. The van der Waals surface area contributed by atoms with E-state index in [1.807, 2.05) is 13.8 Å². The molecule has 0 aliphatic carbocycles. The topological polar surface area (TPSA) is 103 Å². The highest BCUT2D eigenvalue weighted by Crippen LogP contribution is 2.10. The van der Waals surface area contributed by atoms with E-state index in [-0.39, 0.29) is 19.1 Å². The molecule has 152 valence electrons. The van der Waals surface area contributed by atoms with Gasteiger partial charge in [-0.25, -0.2) is 14.4 Å². The summed E-state index contributed by atoms with van der Waals surface area (Å²) in [5.74, 6) is -0.405. The molecular formula is C18H34N2O6. The van der Waals surface area contributed by atoms with Crippen molar-refractivity contribution in [1.82, 2.24) is 10.6 Å². The van der Waals surface area contributed by atoms with Crippen LogP contribution in [-0.4, -0.2) is 48.6 Å². The van der Waals surface area contributed by atoms with Gasteiger partial charge in [0.2, 0.25) is 0 Å². The molecular weight excluding hydrogens is 340 g/mol. The third-order valence-electron chi connectivity index (χ3n) is 2.70. The summed E-state index contributed by atoms with van der Waals surface area (Å²) in [6.07, 6.45) is -0.844. The molecule has 2 N–H and O–H groups in total. The number of esters is 1. The molecule has 0 fully saturated rings. The number of carbonyl (C=O) groups excluding carboxylic acids is 3. The molecule has 1 atom stereocenters. The van der Waals surface area contributed by atoms with Crippen molar-refractivity contribution in [3.05, 3.63) is 0 Å². The van der Waals surface area contributed by atoms with Crippen molar-refractivity contribution >= 4 is 18.2 Å². The summed E-state index contributed by atoms with van der Waals surface area (Å²) in [5, 5.41) is 5.03. The van der Waals surface area contributed by atoms with Gasteiger partial charge in [0.25, 0.3) is 0 Å². The van der Waals surface area contributed by atoms with E-state index in [1.54, 1.807) is 41.5 Å². The Balaban J connectivity index is 4.43. The van der Waals surface area contributed by atoms with Gasteiger partial charge in [-0.1, -0.05) is 13.8 Å². The second-order valence-electron chi connectivity index (χ2n) is 8.42. The van der Waals surface area contributed by atoms with Gasteiger partial charge in [-0.05, 0) is 53.9 Å². The highest BCUT2D eigenvalue weighted by Gasteiger charge is 2.26. The lowest BCUT2D eigenvalue weighted by Gasteiger charge is -2.23. The molecule has 0 aliphatic heterocycles. The average Bonchev–Trinajstić information content (AvgIpc) is 2.37. The average molecular weight is 374 g/mol. The van der Waals surface area contributed by atoms with Crippen LogP contribution in [0.4, 0.5) is 9.59 Å². The molecule has 2 amide bonds. The third-order valence-corrected chi connectivity index (χ3v) is 2.70. The molecule has 0 spiro atoms. The van der Waals surface area contributed by atoms with Gasteiger partial charge in [0.05, 0.1) is 6.54 Å². The molecule has 0 rings (SSSR count). The summed E-state index contributed by atoms with van der Waals surface area (Å²) >= 11 is 0. The maximum absolute atomic E-state index is 12.2. The minimum atomic E-state index is -0.814. The molecule has 0 aromatic heterocycles. The lowest BCUT2D eigenvalue weighted by atomic mass is 10.0. The molecule has 0 saturated heterocycles. The number of alkyl carbamates (subject to hydrolysis) is 2. The van der Waals surface area contributed by atoms with Crippen LogP contribution in [0.1, 0.15) is 61.8 Å². The zero-order valence-electron chi connectivity index (χ0n) is 17.2. The minimum Gasteiger partial charge on any atom is -0.462 e. The molecule has 0 aromatic rings. The van der Waals surface area contributed by atoms with Gasteiger partial charge in [0.15, 0.2) is 0 Å². The highest BCUT2D eigenvalue weighted by atomic mass is 16.6. The normalized spacial score (nSPS) is 13.0. The Morgan fingerprint density at radius 3 is 1.85 bits per heavy atom. The fourth-order valence-corrected chi connectivity index (χ4v) is 1.85. The van der Waals surface area contributed by atoms with Crippen LogP contribution in [0.15, 0.2) is 0 Å². The van der Waals surface area contributed by atoms with Gasteiger partial charge < -0.3 is 24.8 Å². The van der Waals surface area contributed by atoms with Crippen molar-refractivity contribution in [1.29, 1.82) is 0 Å². The highest BCUT2D eigenvalue weighted by molar-refractivity contribution is 5.81. The quantitative estimate of drug-likeness (QED) is 0.403. The van der Waals surface area contributed by atoms with Crippen molar-refractivity contribution in [2.45, 2.75) is 79.1 Å².